The van der Waals surface area contributed by atoms with E-state index in [4.69, 9.17) is 0 Å². The van der Waals surface area contributed by atoms with E-state index in [1.807, 2.05) is 44.2 Å². The Hall–Kier alpha value is -1.86. The predicted octanol–water partition coefficient (Wildman–Crippen LogP) is 4.08. The van der Waals surface area contributed by atoms with Crippen LogP contribution >= 0.6 is 15.9 Å². The first-order valence-electron chi connectivity index (χ1n) is 5.51. The van der Waals surface area contributed by atoms with Crippen LogP contribution in [0.3, 0.4) is 0 Å². The van der Waals surface area contributed by atoms with Crippen LogP contribution in [-0.2, 0) is 0 Å². The van der Waals surface area contributed by atoms with Crippen LogP contribution < -0.4 is 5.32 Å². The molecule has 0 saturated carbocycles. The second kappa shape index (κ2) is 5.19. The second-order valence-electron chi connectivity index (χ2n) is 3.99. The standard InChI is InChI=1S/C14H12BrN3/c1-9-7-14(11(8-16)10(2)17-9)18-13-6-4-3-5-12(13)15/h3-7H,1-2H3,(H,17,18). The number of aryl methyl sites for hydroxylation is 2. The number of hydrogen-bond donors (Lipinski definition) is 1. The van der Waals surface area contributed by atoms with Crippen molar-refractivity contribution in [3.63, 3.8) is 0 Å². The lowest BCUT2D eigenvalue weighted by atomic mass is 10.1. The van der Waals surface area contributed by atoms with Crippen LogP contribution in [0.5, 0.6) is 0 Å². The zero-order valence-corrected chi connectivity index (χ0v) is 11.7. The van der Waals surface area contributed by atoms with Gasteiger partial charge in [-0.15, -0.1) is 0 Å². The monoisotopic (exact) mass is 301 g/mol. The van der Waals surface area contributed by atoms with E-state index in [1.54, 1.807) is 0 Å². The molecule has 1 N–H and O–H groups in total. The maximum atomic E-state index is 9.20. The molecule has 3 nitrogen and oxygen atoms in total. The fourth-order valence-electron chi connectivity index (χ4n) is 1.78. The van der Waals surface area contributed by atoms with E-state index >= 15 is 0 Å². The van der Waals surface area contributed by atoms with Crippen molar-refractivity contribution in [3.8, 4) is 6.07 Å². The van der Waals surface area contributed by atoms with Crippen LogP contribution in [-0.4, -0.2) is 4.98 Å². The molecule has 0 fully saturated rings. The van der Waals surface area contributed by atoms with Crippen LogP contribution in [0.4, 0.5) is 11.4 Å². The van der Waals surface area contributed by atoms with Crippen molar-refractivity contribution in [2.24, 2.45) is 0 Å². The largest absolute Gasteiger partial charge is 0.353 e. The molecule has 0 aliphatic carbocycles. The average Bonchev–Trinajstić information content (AvgIpc) is 2.31. The lowest BCUT2D eigenvalue weighted by molar-refractivity contribution is 1.11. The summed E-state index contributed by atoms with van der Waals surface area (Å²) >= 11 is 3.48. The summed E-state index contributed by atoms with van der Waals surface area (Å²) in [6.45, 7) is 3.76. The molecule has 0 spiro atoms. The summed E-state index contributed by atoms with van der Waals surface area (Å²) in [7, 11) is 0. The third-order valence-electron chi connectivity index (χ3n) is 2.58. The summed E-state index contributed by atoms with van der Waals surface area (Å²) < 4.78 is 0.959. The van der Waals surface area contributed by atoms with Crippen molar-refractivity contribution >= 4 is 27.3 Å². The van der Waals surface area contributed by atoms with Crippen LogP contribution in [0.15, 0.2) is 34.8 Å². The van der Waals surface area contributed by atoms with Crippen LogP contribution in [0, 0.1) is 25.2 Å². The van der Waals surface area contributed by atoms with Crippen molar-refractivity contribution in [1.29, 1.82) is 5.26 Å². The topological polar surface area (TPSA) is 48.7 Å². The molecule has 0 aliphatic rings. The van der Waals surface area contributed by atoms with E-state index in [0.29, 0.717) is 5.56 Å². The van der Waals surface area contributed by atoms with Gasteiger partial charge in [-0.3, -0.25) is 4.98 Å². The van der Waals surface area contributed by atoms with Crippen LogP contribution in [0.25, 0.3) is 0 Å². The highest BCUT2D eigenvalue weighted by Gasteiger charge is 2.09. The maximum absolute atomic E-state index is 9.20. The first-order valence-corrected chi connectivity index (χ1v) is 6.31. The van der Waals surface area contributed by atoms with Gasteiger partial charge in [0.25, 0.3) is 0 Å². The predicted molar refractivity (Wildman–Crippen MR) is 75.9 cm³/mol. The van der Waals surface area contributed by atoms with Crippen molar-refractivity contribution < 1.29 is 0 Å². The summed E-state index contributed by atoms with van der Waals surface area (Å²) in [5.74, 6) is 0. The molecule has 18 heavy (non-hydrogen) atoms. The first-order chi connectivity index (χ1) is 8.61. The van der Waals surface area contributed by atoms with Crippen molar-refractivity contribution in [3.05, 3.63) is 51.8 Å². The zero-order valence-electron chi connectivity index (χ0n) is 10.2. The molecular formula is C14H12BrN3. The number of nitrogens with zero attached hydrogens (tertiary/aromatic N) is 2. The number of nitrogens with one attached hydrogen (secondary N) is 1. The highest BCUT2D eigenvalue weighted by Crippen LogP contribution is 2.28. The number of hydrogen-bond acceptors (Lipinski definition) is 3. The van der Waals surface area contributed by atoms with Gasteiger partial charge >= 0.3 is 0 Å². The number of nitriles is 1. The summed E-state index contributed by atoms with van der Waals surface area (Å²) in [5, 5.41) is 12.5. The number of rotatable bonds is 2. The Labute approximate surface area is 115 Å². The average molecular weight is 302 g/mol. The summed E-state index contributed by atoms with van der Waals surface area (Å²) in [6, 6.07) is 11.9. The van der Waals surface area contributed by atoms with Gasteiger partial charge in [0.1, 0.15) is 6.07 Å². The third-order valence-corrected chi connectivity index (χ3v) is 3.27. The Balaban J connectivity index is 2.47. The van der Waals surface area contributed by atoms with Gasteiger partial charge in [0.2, 0.25) is 0 Å². The highest BCUT2D eigenvalue weighted by molar-refractivity contribution is 9.10. The Morgan fingerprint density at radius 1 is 1.22 bits per heavy atom. The molecule has 1 aromatic carbocycles. The third kappa shape index (κ3) is 2.52. The molecule has 4 heteroatoms. The molecule has 0 aliphatic heterocycles. The fourth-order valence-corrected chi connectivity index (χ4v) is 2.16. The van der Waals surface area contributed by atoms with Gasteiger partial charge < -0.3 is 5.32 Å². The lowest BCUT2D eigenvalue weighted by Crippen LogP contribution is -2.00. The van der Waals surface area contributed by atoms with Crippen molar-refractivity contribution in [2.75, 3.05) is 5.32 Å². The molecule has 0 saturated heterocycles. The van der Waals surface area contributed by atoms with Crippen LogP contribution in [0.2, 0.25) is 0 Å². The molecule has 0 atom stereocenters. The molecular weight excluding hydrogens is 290 g/mol. The number of aromatic nitrogens is 1. The molecule has 0 unspecified atom stereocenters. The van der Waals surface area contributed by atoms with Gasteiger partial charge in [0, 0.05) is 10.2 Å². The molecule has 2 rings (SSSR count). The number of halogens is 1. The number of benzene rings is 1. The summed E-state index contributed by atoms with van der Waals surface area (Å²) in [5.41, 5.74) is 3.93. The van der Waals surface area contributed by atoms with Gasteiger partial charge in [-0.05, 0) is 48.0 Å². The van der Waals surface area contributed by atoms with E-state index < -0.39 is 0 Å². The minimum absolute atomic E-state index is 0.580. The smallest absolute Gasteiger partial charge is 0.103 e. The van der Waals surface area contributed by atoms with Gasteiger partial charge in [-0.1, -0.05) is 12.1 Å². The van der Waals surface area contributed by atoms with Crippen molar-refractivity contribution in [1.82, 2.24) is 4.98 Å². The molecule has 0 amide bonds. The zero-order chi connectivity index (χ0) is 13.1. The van der Waals surface area contributed by atoms with Gasteiger partial charge in [-0.2, -0.15) is 5.26 Å². The van der Waals surface area contributed by atoms with Gasteiger partial charge in [0.15, 0.2) is 0 Å². The summed E-state index contributed by atoms with van der Waals surface area (Å²) in [4.78, 5) is 4.29. The van der Waals surface area contributed by atoms with Gasteiger partial charge in [0.05, 0.1) is 22.6 Å². The van der Waals surface area contributed by atoms with Crippen LogP contribution in [0.1, 0.15) is 17.0 Å². The first kappa shape index (κ1) is 12.6. The van der Waals surface area contributed by atoms with E-state index in [-0.39, 0.29) is 0 Å². The second-order valence-corrected chi connectivity index (χ2v) is 4.84. The van der Waals surface area contributed by atoms with E-state index in [2.05, 4.69) is 32.3 Å². The minimum atomic E-state index is 0.580. The van der Waals surface area contributed by atoms with E-state index in [9.17, 15) is 5.26 Å². The Morgan fingerprint density at radius 2 is 1.94 bits per heavy atom. The molecule has 1 heterocycles. The highest BCUT2D eigenvalue weighted by atomic mass is 79.9. The van der Waals surface area contributed by atoms with Crippen molar-refractivity contribution in [2.45, 2.75) is 13.8 Å². The molecule has 0 bridgehead atoms. The minimum Gasteiger partial charge on any atom is -0.353 e. The number of anilines is 2. The van der Waals surface area contributed by atoms with E-state index in [1.165, 1.54) is 0 Å². The van der Waals surface area contributed by atoms with Gasteiger partial charge in [-0.25, -0.2) is 0 Å². The number of pyridine rings is 1. The number of para-hydroxylation sites is 1. The molecule has 2 aromatic rings. The molecule has 1 aromatic heterocycles. The SMILES string of the molecule is Cc1cc(Nc2ccccc2Br)c(C#N)c(C)n1. The quantitative estimate of drug-likeness (QED) is 0.909. The van der Waals surface area contributed by atoms with E-state index in [0.717, 1.165) is 27.2 Å². The Bertz CT molecular complexity index is 629. The molecule has 0 radical (unpaired) electrons. The molecule has 90 valence electrons. The fraction of sp³-hybridized carbons (Fsp3) is 0.143. The Kier molecular flexibility index (Phi) is 3.63. The normalized spacial score (nSPS) is 9.89. The maximum Gasteiger partial charge on any atom is 0.103 e. The Morgan fingerprint density at radius 3 is 2.61 bits per heavy atom. The lowest BCUT2D eigenvalue weighted by Gasteiger charge is -2.12. The summed E-state index contributed by atoms with van der Waals surface area (Å²) in [6.07, 6.45) is 0.